The number of benzene rings is 2. The molecule has 0 saturated carbocycles. The van der Waals surface area contributed by atoms with Gasteiger partial charge in [-0.2, -0.15) is 0 Å². The molecule has 4 nitrogen and oxygen atoms in total. The summed E-state index contributed by atoms with van der Waals surface area (Å²) in [6.07, 6.45) is 3.46. The van der Waals surface area contributed by atoms with E-state index in [1.165, 1.54) is 0 Å². The third-order valence-electron chi connectivity index (χ3n) is 5.04. The van der Waals surface area contributed by atoms with Crippen LogP contribution in [0.15, 0.2) is 54.7 Å². The smallest absolute Gasteiger partial charge is 0.223 e. The Kier molecular flexibility index (Phi) is 5.69. The van der Waals surface area contributed by atoms with Crippen molar-refractivity contribution in [3.63, 3.8) is 0 Å². The second-order valence-corrected chi connectivity index (χ2v) is 7.71. The van der Waals surface area contributed by atoms with Crippen molar-refractivity contribution in [3.05, 3.63) is 70.3 Å². The summed E-state index contributed by atoms with van der Waals surface area (Å²) in [7, 11) is 0. The fourth-order valence-corrected chi connectivity index (χ4v) is 4.15. The van der Waals surface area contributed by atoms with Crippen molar-refractivity contribution >= 4 is 40.0 Å². The Morgan fingerprint density at radius 1 is 1.11 bits per heavy atom. The summed E-state index contributed by atoms with van der Waals surface area (Å²) in [5.74, 6) is 0.860. The molecule has 1 aliphatic rings. The molecule has 1 unspecified atom stereocenters. The maximum absolute atomic E-state index is 12.6. The van der Waals surface area contributed by atoms with Gasteiger partial charge in [-0.05, 0) is 36.2 Å². The lowest BCUT2D eigenvalue weighted by Crippen LogP contribution is -2.31. The summed E-state index contributed by atoms with van der Waals surface area (Å²) < 4.78 is 6.17. The number of aromatic nitrogens is 1. The van der Waals surface area contributed by atoms with Crippen molar-refractivity contribution in [1.29, 1.82) is 0 Å². The maximum atomic E-state index is 12.6. The lowest BCUT2D eigenvalue weighted by Gasteiger charge is -2.18. The Labute approximate surface area is 174 Å². The molecule has 1 aliphatic heterocycles. The molecule has 1 saturated heterocycles. The molecular formula is C22H20Cl2N2O2. The van der Waals surface area contributed by atoms with E-state index in [9.17, 15) is 4.79 Å². The summed E-state index contributed by atoms with van der Waals surface area (Å²) in [5.41, 5.74) is 1.68. The first-order chi connectivity index (χ1) is 13.6. The van der Waals surface area contributed by atoms with Crippen molar-refractivity contribution in [1.82, 2.24) is 9.88 Å². The minimum Gasteiger partial charge on any atom is -0.486 e. The van der Waals surface area contributed by atoms with E-state index < -0.39 is 0 Å². The number of carbonyl (C=O) groups is 1. The van der Waals surface area contributed by atoms with Gasteiger partial charge < -0.3 is 9.64 Å². The van der Waals surface area contributed by atoms with Gasteiger partial charge in [-0.1, -0.05) is 47.5 Å². The van der Waals surface area contributed by atoms with Gasteiger partial charge in [0.05, 0.1) is 6.54 Å². The highest BCUT2D eigenvalue weighted by atomic mass is 35.5. The largest absolute Gasteiger partial charge is 0.486 e. The average molecular weight is 415 g/mol. The van der Waals surface area contributed by atoms with Gasteiger partial charge in [0.25, 0.3) is 0 Å². The van der Waals surface area contributed by atoms with Crippen molar-refractivity contribution < 1.29 is 9.53 Å². The predicted molar refractivity (Wildman–Crippen MR) is 112 cm³/mol. The number of fused-ring (bicyclic) bond motifs is 1. The zero-order valence-electron chi connectivity index (χ0n) is 15.3. The van der Waals surface area contributed by atoms with Crippen LogP contribution in [0.25, 0.3) is 10.9 Å². The van der Waals surface area contributed by atoms with Crippen LogP contribution in [-0.2, 0) is 11.2 Å². The lowest BCUT2D eigenvalue weighted by molar-refractivity contribution is -0.130. The summed E-state index contributed by atoms with van der Waals surface area (Å²) >= 11 is 12.4. The van der Waals surface area contributed by atoms with Gasteiger partial charge in [-0.15, -0.1) is 0 Å². The number of hydrogen-bond donors (Lipinski definition) is 0. The van der Waals surface area contributed by atoms with E-state index in [1.54, 1.807) is 24.4 Å². The molecule has 2 heterocycles. The number of ether oxygens (including phenoxy) is 1. The topological polar surface area (TPSA) is 42.4 Å². The van der Waals surface area contributed by atoms with Gasteiger partial charge in [0.1, 0.15) is 17.4 Å². The predicted octanol–water partition coefficient (Wildman–Crippen LogP) is 5.15. The Hall–Kier alpha value is -2.30. The van der Waals surface area contributed by atoms with Gasteiger partial charge in [-0.25, -0.2) is 0 Å². The van der Waals surface area contributed by atoms with E-state index in [1.807, 2.05) is 35.2 Å². The molecule has 144 valence electrons. The summed E-state index contributed by atoms with van der Waals surface area (Å²) in [6, 6.07) is 15.2. The summed E-state index contributed by atoms with van der Waals surface area (Å²) in [5, 5.41) is 2.25. The first-order valence-corrected chi connectivity index (χ1v) is 10.1. The molecular weight excluding hydrogens is 395 g/mol. The van der Waals surface area contributed by atoms with Crippen LogP contribution >= 0.6 is 23.2 Å². The third-order valence-corrected chi connectivity index (χ3v) is 5.75. The number of hydrogen-bond acceptors (Lipinski definition) is 3. The van der Waals surface area contributed by atoms with Gasteiger partial charge in [0, 0.05) is 41.0 Å². The minimum atomic E-state index is -0.0274. The van der Waals surface area contributed by atoms with E-state index >= 15 is 0 Å². The molecule has 3 aromatic rings. The van der Waals surface area contributed by atoms with Gasteiger partial charge in [0.15, 0.2) is 0 Å². The highest BCUT2D eigenvalue weighted by molar-refractivity contribution is 6.36. The molecule has 1 amide bonds. The molecule has 2 aromatic carbocycles. The fourth-order valence-electron chi connectivity index (χ4n) is 3.56. The number of nitrogens with zero attached hydrogens (tertiary/aromatic N) is 2. The lowest BCUT2D eigenvalue weighted by atomic mass is 10.1. The number of para-hydroxylation sites is 1. The second kappa shape index (κ2) is 8.38. The molecule has 1 aromatic heterocycles. The molecule has 28 heavy (non-hydrogen) atoms. The Bertz CT molecular complexity index is 983. The van der Waals surface area contributed by atoms with Crippen molar-refractivity contribution in [2.75, 3.05) is 13.1 Å². The second-order valence-electron chi connectivity index (χ2n) is 6.90. The van der Waals surface area contributed by atoms with Gasteiger partial charge in [-0.3, -0.25) is 9.78 Å². The van der Waals surface area contributed by atoms with Crippen LogP contribution in [0, 0.1) is 0 Å². The molecule has 0 spiro atoms. The molecule has 4 rings (SSSR count). The molecule has 0 aliphatic carbocycles. The summed E-state index contributed by atoms with van der Waals surface area (Å²) in [6.45, 7) is 1.27. The highest BCUT2D eigenvalue weighted by Gasteiger charge is 2.28. The number of halogens is 2. The van der Waals surface area contributed by atoms with E-state index in [2.05, 4.69) is 4.98 Å². The number of likely N-dealkylation sites (tertiary alicyclic amines) is 1. The standard InChI is InChI=1S/C22H20Cl2N2O2/c23-18-6-2-7-19(24)17(18)9-10-21(27)26-13-11-16(14-26)28-20-8-1-4-15-5-3-12-25-22(15)20/h1-8,12,16H,9-11,13-14H2. The summed E-state index contributed by atoms with van der Waals surface area (Å²) in [4.78, 5) is 18.9. The van der Waals surface area contributed by atoms with Crippen LogP contribution in [0.4, 0.5) is 0 Å². The monoisotopic (exact) mass is 414 g/mol. The van der Waals surface area contributed by atoms with Crippen LogP contribution in [-0.4, -0.2) is 35.0 Å². The van der Waals surface area contributed by atoms with Crippen molar-refractivity contribution in [2.24, 2.45) is 0 Å². The first kappa shape index (κ1) is 19.0. The maximum Gasteiger partial charge on any atom is 0.223 e. The molecule has 0 radical (unpaired) electrons. The van der Waals surface area contributed by atoms with Crippen LogP contribution < -0.4 is 4.74 Å². The van der Waals surface area contributed by atoms with Crippen LogP contribution in [0.3, 0.4) is 0 Å². The third kappa shape index (κ3) is 4.08. The van der Waals surface area contributed by atoms with E-state index in [-0.39, 0.29) is 12.0 Å². The Morgan fingerprint density at radius 2 is 1.86 bits per heavy atom. The molecule has 1 fully saturated rings. The number of pyridine rings is 1. The molecule has 6 heteroatoms. The average Bonchev–Trinajstić information content (AvgIpc) is 3.16. The molecule has 0 bridgehead atoms. The zero-order valence-corrected chi connectivity index (χ0v) is 16.8. The van der Waals surface area contributed by atoms with Crippen LogP contribution in [0.5, 0.6) is 5.75 Å². The number of carbonyl (C=O) groups excluding carboxylic acids is 1. The Balaban J connectivity index is 1.36. The molecule has 0 N–H and O–H groups in total. The van der Waals surface area contributed by atoms with E-state index in [0.717, 1.165) is 28.6 Å². The van der Waals surface area contributed by atoms with Gasteiger partial charge >= 0.3 is 0 Å². The Morgan fingerprint density at radius 3 is 2.68 bits per heavy atom. The highest BCUT2D eigenvalue weighted by Crippen LogP contribution is 2.28. The zero-order chi connectivity index (χ0) is 19.5. The van der Waals surface area contributed by atoms with Crippen LogP contribution in [0.1, 0.15) is 18.4 Å². The van der Waals surface area contributed by atoms with E-state index in [4.69, 9.17) is 27.9 Å². The number of amides is 1. The quantitative estimate of drug-likeness (QED) is 0.579. The van der Waals surface area contributed by atoms with Gasteiger partial charge in [0.2, 0.25) is 5.91 Å². The van der Waals surface area contributed by atoms with Crippen molar-refractivity contribution in [3.8, 4) is 5.75 Å². The minimum absolute atomic E-state index is 0.0274. The van der Waals surface area contributed by atoms with E-state index in [0.29, 0.717) is 36.0 Å². The molecule has 1 atom stereocenters. The number of rotatable bonds is 5. The first-order valence-electron chi connectivity index (χ1n) is 9.33. The SMILES string of the molecule is O=C(CCc1c(Cl)cccc1Cl)N1CCC(Oc2cccc3cccnc23)C1. The normalized spacial score (nSPS) is 16.5. The fraction of sp³-hybridized carbons (Fsp3) is 0.273. The van der Waals surface area contributed by atoms with Crippen LogP contribution in [0.2, 0.25) is 10.0 Å². The van der Waals surface area contributed by atoms with Crippen molar-refractivity contribution in [2.45, 2.75) is 25.4 Å².